The Hall–Kier alpha value is -2.76. The van der Waals surface area contributed by atoms with Gasteiger partial charge in [0, 0.05) is 18.8 Å². The lowest BCUT2D eigenvalue weighted by Gasteiger charge is -2.06. The van der Waals surface area contributed by atoms with Gasteiger partial charge in [0.1, 0.15) is 0 Å². The molecule has 0 aliphatic carbocycles. The van der Waals surface area contributed by atoms with Gasteiger partial charge in [0.25, 0.3) is 5.91 Å². The number of H-pyrrole nitrogens is 1. The number of aromatic amines is 1. The van der Waals surface area contributed by atoms with Crippen LogP contribution in [0.4, 0.5) is 0 Å². The van der Waals surface area contributed by atoms with Crippen LogP contribution in [-0.2, 0) is 6.42 Å². The number of ether oxygens (including phenoxy) is 2. The fourth-order valence-corrected chi connectivity index (χ4v) is 2.07. The van der Waals surface area contributed by atoms with Gasteiger partial charge < -0.3 is 19.8 Å². The van der Waals surface area contributed by atoms with Crippen LogP contribution in [0, 0.1) is 0 Å². The molecule has 0 saturated heterocycles. The van der Waals surface area contributed by atoms with E-state index in [0.717, 1.165) is 17.1 Å². The van der Waals surface area contributed by atoms with E-state index in [4.69, 9.17) is 9.47 Å². The van der Waals surface area contributed by atoms with Crippen LogP contribution in [0.25, 0.3) is 0 Å². The van der Waals surface area contributed by atoms with Crippen molar-refractivity contribution in [3.05, 3.63) is 58.0 Å². The van der Waals surface area contributed by atoms with Crippen LogP contribution < -0.4 is 20.3 Å². The number of amides is 1. The molecule has 108 valence electrons. The molecule has 0 bridgehead atoms. The summed E-state index contributed by atoms with van der Waals surface area (Å²) in [5.74, 6) is 1.27. The predicted molar refractivity (Wildman–Crippen MR) is 75.7 cm³/mol. The second-order valence-electron chi connectivity index (χ2n) is 4.64. The minimum Gasteiger partial charge on any atom is -0.454 e. The van der Waals surface area contributed by atoms with Crippen molar-refractivity contribution in [3.8, 4) is 11.5 Å². The first-order valence-electron chi connectivity index (χ1n) is 6.58. The van der Waals surface area contributed by atoms with Crippen molar-refractivity contribution in [2.75, 3.05) is 13.3 Å². The number of rotatable bonds is 4. The quantitative estimate of drug-likeness (QED) is 0.881. The third kappa shape index (κ3) is 3.05. The molecule has 0 unspecified atom stereocenters. The molecule has 1 aliphatic rings. The molecule has 1 amide bonds. The van der Waals surface area contributed by atoms with Crippen LogP contribution in [0.5, 0.6) is 11.5 Å². The smallest absolute Gasteiger partial charge is 0.252 e. The van der Waals surface area contributed by atoms with Gasteiger partial charge in [0.2, 0.25) is 12.4 Å². The van der Waals surface area contributed by atoms with Crippen LogP contribution in [0.15, 0.2) is 41.3 Å². The normalized spacial score (nSPS) is 12.2. The van der Waals surface area contributed by atoms with E-state index in [1.807, 2.05) is 18.2 Å². The van der Waals surface area contributed by atoms with E-state index in [2.05, 4.69) is 10.3 Å². The Kier molecular flexibility index (Phi) is 3.59. The molecule has 0 fully saturated rings. The summed E-state index contributed by atoms with van der Waals surface area (Å²) in [6.45, 7) is 0.749. The molecule has 1 aliphatic heterocycles. The number of hydrogen-bond donors (Lipinski definition) is 2. The number of carbonyl (C=O) groups excluding carboxylic acids is 1. The van der Waals surface area contributed by atoms with Crippen molar-refractivity contribution >= 4 is 5.91 Å². The largest absolute Gasteiger partial charge is 0.454 e. The number of benzene rings is 1. The number of nitrogens with one attached hydrogen (secondary N) is 2. The molecular formula is C15H14N2O4. The van der Waals surface area contributed by atoms with E-state index in [9.17, 15) is 9.59 Å². The van der Waals surface area contributed by atoms with Gasteiger partial charge in [-0.1, -0.05) is 6.07 Å². The van der Waals surface area contributed by atoms with Crippen molar-refractivity contribution in [2.24, 2.45) is 0 Å². The summed E-state index contributed by atoms with van der Waals surface area (Å²) in [6, 6.07) is 8.54. The van der Waals surface area contributed by atoms with Crippen molar-refractivity contribution in [2.45, 2.75) is 6.42 Å². The summed E-state index contributed by atoms with van der Waals surface area (Å²) in [5.41, 5.74) is 1.26. The molecule has 21 heavy (non-hydrogen) atoms. The lowest BCUT2D eigenvalue weighted by molar-refractivity contribution is 0.0953. The zero-order chi connectivity index (χ0) is 14.7. The SMILES string of the molecule is O=C(NCCc1ccc2c(c1)OCO2)c1ccc(=O)[nH]c1. The zero-order valence-corrected chi connectivity index (χ0v) is 11.2. The standard InChI is InChI=1S/C15H14N2O4/c18-14-4-2-11(8-17-14)15(19)16-6-5-10-1-3-12-13(7-10)21-9-20-12/h1-4,7-8H,5-6,9H2,(H,16,19)(H,17,18). The maximum atomic E-state index is 11.9. The predicted octanol–water partition coefficient (Wildman–Crippen LogP) is 1.08. The molecule has 6 heteroatoms. The van der Waals surface area contributed by atoms with E-state index < -0.39 is 0 Å². The van der Waals surface area contributed by atoms with Gasteiger partial charge in [-0.25, -0.2) is 0 Å². The highest BCUT2D eigenvalue weighted by molar-refractivity contribution is 5.93. The van der Waals surface area contributed by atoms with Gasteiger partial charge in [-0.05, 0) is 30.2 Å². The third-order valence-corrected chi connectivity index (χ3v) is 3.18. The maximum Gasteiger partial charge on any atom is 0.252 e. The second kappa shape index (κ2) is 5.70. The van der Waals surface area contributed by atoms with E-state index >= 15 is 0 Å². The zero-order valence-electron chi connectivity index (χ0n) is 11.2. The number of carbonyl (C=O) groups is 1. The van der Waals surface area contributed by atoms with E-state index in [1.54, 1.807) is 0 Å². The van der Waals surface area contributed by atoms with Crippen LogP contribution in [0.3, 0.4) is 0 Å². The fraction of sp³-hybridized carbons (Fsp3) is 0.200. The van der Waals surface area contributed by atoms with Crippen molar-refractivity contribution < 1.29 is 14.3 Å². The molecule has 1 aromatic heterocycles. The first-order valence-corrected chi connectivity index (χ1v) is 6.58. The van der Waals surface area contributed by atoms with Gasteiger partial charge >= 0.3 is 0 Å². The molecule has 0 radical (unpaired) electrons. The minimum absolute atomic E-state index is 0.216. The molecular weight excluding hydrogens is 272 g/mol. The number of aromatic nitrogens is 1. The number of fused-ring (bicyclic) bond motifs is 1. The molecule has 6 nitrogen and oxygen atoms in total. The molecule has 0 atom stereocenters. The van der Waals surface area contributed by atoms with Crippen molar-refractivity contribution in [1.82, 2.24) is 10.3 Å². The minimum atomic E-state index is -0.230. The molecule has 2 heterocycles. The maximum absolute atomic E-state index is 11.9. The highest BCUT2D eigenvalue weighted by atomic mass is 16.7. The third-order valence-electron chi connectivity index (χ3n) is 3.18. The molecule has 2 aromatic rings. The highest BCUT2D eigenvalue weighted by Crippen LogP contribution is 2.32. The molecule has 1 aromatic carbocycles. The molecule has 2 N–H and O–H groups in total. The summed E-state index contributed by atoms with van der Waals surface area (Å²) in [4.78, 5) is 25.3. The Bertz CT molecular complexity index is 703. The van der Waals surface area contributed by atoms with E-state index in [1.165, 1.54) is 18.3 Å². The topological polar surface area (TPSA) is 80.4 Å². The Labute approximate surface area is 120 Å². The monoisotopic (exact) mass is 286 g/mol. The van der Waals surface area contributed by atoms with Crippen molar-refractivity contribution in [3.63, 3.8) is 0 Å². The van der Waals surface area contributed by atoms with Gasteiger partial charge in [-0.15, -0.1) is 0 Å². The Morgan fingerprint density at radius 2 is 2.05 bits per heavy atom. The Morgan fingerprint density at radius 3 is 2.86 bits per heavy atom. The lowest BCUT2D eigenvalue weighted by atomic mass is 10.1. The molecule has 0 saturated carbocycles. The summed E-state index contributed by atoms with van der Waals surface area (Å²) in [6.07, 6.45) is 2.09. The average molecular weight is 286 g/mol. The second-order valence-corrected chi connectivity index (χ2v) is 4.64. The first-order chi connectivity index (χ1) is 10.2. The van der Waals surface area contributed by atoms with Crippen LogP contribution in [-0.4, -0.2) is 24.2 Å². The summed E-state index contributed by atoms with van der Waals surface area (Å²) in [5, 5.41) is 2.80. The fourth-order valence-electron chi connectivity index (χ4n) is 2.07. The van der Waals surface area contributed by atoms with Gasteiger partial charge in [-0.2, -0.15) is 0 Å². The van der Waals surface area contributed by atoms with Gasteiger partial charge in [0.15, 0.2) is 11.5 Å². The Balaban J connectivity index is 1.55. The lowest BCUT2D eigenvalue weighted by Crippen LogP contribution is -2.26. The number of pyridine rings is 1. The summed E-state index contributed by atoms with van der Waals surface area (Å²) < 4.78 is 10.5. The van der Waals surface area contributed by atoms with E-state index in [0.29, 0.717) is 18.5 Å². The molecule has 3 rings (SSSR count). The van der Waals surface area contributed by atoms with Crippen LogP contribution in [0.2, 0.25) is 0 Å². The van der Waals surface area contributed by atoms with Gasteiger partial charge in [-0.3, -0.25) is 9.59 Å². The average Bonchev–Trinajstić information content (AvgIpc) is 2.95. The Morgan fingerprint density at radius 1 is 1.19 bits per heavy atom. The number of hydrogen-bond acceptors (Lipinski definition) is 4. The van der Waals surface area contributed by atoms with Gasteiger partial charge in [0.05, 0.1) is 5.56 Å². The molecule has 0 spiro atoms. The highest BCUT2D eigenvalue weighted by Gasteiger charge is 2.13. The first kappa shape index (κ1) is 13.2. The van der Waals surface area contributed by atoms with Crippen molar-refractivity contribution in [1.29, 1.82) is 0 Å². The van der Waals surface area contributed by atoms with Crippen LogP contribution >= 0.6 is 0 Å². The summed E-state index contributed by atoms with van der Waals surface area (Å²) in [7, 11) is 0. The van der Waals surface area contributed by atoms with Crippen LogP contribution in [0.1, 0.15) is 15.9 Å². The summed E-state index contributed by atoms with van der Waals surface area (Å²) >= 11 is 0. The van der Waals surface area contributed by atoms with E-state index in [-0.39, 0.29) is 18.3 Å².